The number of carbonyl (C=O) groups excluding carboxylic acids is 3. The molecular formula is C25H34N4O5S2. The van der Waals surface area contributed by atoms with Crippen molar-refractivity contribution in [3.05, 3.63) is 23.3 Å². The lowest BCUT2D eigenvalue weighted by atomic mass is 10.1. The molecule has 4 rings (SSSR count). The van der Waals surface area contributed by atoms with Crippen molar-refractivity contribution in [3.63, 3.8) is 0 Å². The zero-order valence-corrected chi connectivity index (χ0v) is 23.1. The summed E-state index contributed by atoms with van der Waals surface area (Å²) in [5.74, 6) is 0.616. The Hall–Kier alpha value is -2.40. The lowest BCUT2D eigenvalue weighted by Crippen LogP contribution is -2.51. The molecule has 3 amide bonds. The first-order chi connectivity index (χ1) is 17.0. The summed E-state index contributed by atoms with van der Waals surface area (Å²) in [5.41, 5.74) is 0.960. The van der Waals surface area contributed by atoms with Crippen LogP contribution in [0.5, 0.6) is 5.75 Å². The highest BCUT2D eigenvalue weighted by Gasteiger charge is 2.33. The number of aliphatic imine (C=N–C) groups is 1. The lowest BCUT2D eigenvalue weighted by Gasteiger charge is -2.35. The van der Waals surface area contributed by atoms with Gasteiger partial charge >= 0.3 is 6.09 Å². The number of hydrogen-bond acceptors (Lipinski definition) is 8. The number of nitrogens with zero attached hydrogens (tertiary/aromatic N) is 3. The van der Waals surface area contributed by atoms with E-state index in [2.05, 4.69) is 10.3 Å². The van der Waals surface area contributed by atoms with E-state index in [9.17, 15) is 14.4 Å². The van der Waals surface area contributed by atoms with Crippen molar-refractivity contribution in [2.24, 2.45) is 10.9 Å². The van der Waals surface area contributed by atoms with Gasteiger partial charge in [-0.15, -0.1) is 11.8 Å². The molecule has 0 aromatic heterocycles. The fourth-order valence-electron chi connectivity index (χ4n) is 3.89. The number of methoxy groups -OCH3 is 1. The maximum absolute atomic E-state index is 13.5. The second-order valence-electron chi connectivity index (χ2n) is 10.2. The van der Waals surface area contributed by atoms with Gasteiger partial charge in [0, 0.05) is 37.0 Å². The zero-order valence-electron chi connectivity index (χ0n) is 21.5. The molecule has 36 heavy (non-hydrogen) atoms. The minimum atomic E-state index is -0.556. The topological polar surface area (TPSA) is 101 Å². The summed E-state index contributed by atoms with van der Waals surface area (Å²) in [5, 5.41) is 3.60. The van der Waals surface area contributed by atoms with Gasteiger partial charge in [-0.2, -0.15) is 0 Å². The molecule has 1 N–H and O–H groups in total. The Bertz CT molecular complexity index is 1060. The molecule has 1 atom stereocenters. The van der Waals surface area contributed by atoms with Gasteiger partial charge < -0.3 is 24.6 Å². The largest absolute Gasteiger partial charge is 0.496 e. The van der Waals surface area contributed by atoms with E-state index in [1.54, 1.807) is 40.4 Å². The first-order valence-corrected chi connectivity index (χ1v) is 13.9. The summed E-state index contributed by atoms with van der Waals surface area (Å²) < 4.78 is 11.1. The third kappa shape index (κ3) is 6.67. The second kappa shape index (κ2) is 10.9. The Morgan fingerprint density at radius 1 is 1.11 bits per heavy atom. The molecular weight excluding hydrogens is 500 g/mol. The molecule has 196 valence electrons. The lowest BCUT2D eigenvalue weighted by molar-refractivity contribution is -0.120. The van der Waals surface area contributed by atoms with Gasteiger partial charge in [-0.05, 0) is 58.2 Å². The molecule has 0 radical (unpaired) electrons. The van der Waals surface area contributed by atoms with Gasteiger partial charge in [-0.1, -0.05) is 11.8 Å². The fourth-order valence-corrected chi connectivity index (χ4v) is 6.24. The Morgan fingerprint density at radius 2 is 1.78 bits per heavy atom. The number of benzene rings is 1. The molecule has 1 saturated heterocycles. The number of rotatable bonds is 5. The molecule has 2 heterocycles. The monoisotopic (exact) mass is 534 g/mol. The number of piperazine rings is 1. The number of amides is 3. The predicted molar refractivity (Wildman–Crippen MR) is 142 cm³/mol. The van der Waals surface area contributed by atoms with Gasteiger partial charge in [0.2, 0.25) is 5.91 Å². The van der Waals surface area contributed by atoms with Gasteiger partial charge in [-0.3, -0.25) is 14.6 Å². The second-order valence-corrected chi connectivity index (χ2v) is 12.9. The zero-order chi connectivity index (χ0) is 26.0. The molecule has 11 heteroatoms. The molecule has 0 spiro atoms. The van der Waals surface area contributed by atoms with Crippen molar-refractivity contribution >= 4 is 46.6 Å². The molecule has 1 aromatic rings. The fraction of sp³-hybridized carbons (Fsp3) is 0.600. The van der Waals surface area contributed by atoms with E-state index in [-0.39, 0.29) is 28.4 Å². The SMILES string of the molecule is COc1cc(C)c(SC2CN=C(NC(=O)C3CC3)S2)cc1C(=O)N1CCN(C(=O)OC(C)(C)C)CC1. The molecule has 1 saturated carbocycles. The Morgan fingerprint density at radius 3 is 2.39 bits per heavy atom. The molecule has 2 aliphatic heterocycles. The van der Waals surface area contributed by atoms with Crippen LogP contribution in [-0.2, 0) is 9.53 Å². The van der Waals surface area contributed by atoms with Crippen LogP contribution in [0.1, 0.15) is 49.5 Å². The van der Waals surface area contributed by atoms with Crippen molar-refractivity contribution in [1.82, 2.24) is 15.1 Å². The van der Waals surface area contributed by atoms with E-state index in [1.807, 2.05) is 39.8 Å². The van der Waals surface area contributed by atoms with Crippen LogP contribution in [0.15, 0.2) is 22.0 Å². The third-order valence-electron chi connectivity index (χ3n) is 6.01. The number of hydrogen-bond donors (Lipinski definition) is 1. The smallest absolute Gasteiger partial charge is 0.410 e. The maximum atomic E-state index is 13.5. The number of amidine groups is 1. The summed E-state index contributed by atoms with van der Waals surface area (Å²) in [4.78, 5) is 46.7. The summed E-state index contributed by atoms with van der Waals surface area (Å²) >= 11 is 3.19. The summed E-state index contributed by atoms with van der Waals surface area (Å²) in [6.07, 6.45) is 1.56. The Labute approximate surface area is 220 Å². The number of carbonyl (C=O) groups is 3. The molecule has 2 fully saturated rings. The van der Waals surface area contributed by atoms with E-state index >= 15 is 0 Å². The Kier molecular flexibility index (Phi) is 8.09. The van der Waals surface area contributed by atoms with Crippen molar-refractivity contribution in [2.75, 3.05) is 39.8 Å². The number of nitrogens with one attached hydrogen (secondary N) is 1. The van der Waals surface area contributed by atoms with Gasteiger partial charge in [0.1, 0.15) is 11.4 Å². The molecule has 0 bridgehead atoms. The van der Waals surface area contributed by atoms with E-state index in [4.69, 9.17) is 9.47 Å². The molecule has 1 unspecified atom stereocenters. The first kappa shape index (κ1) is 26.7. The van der Waals surface area contributed by atoms with Gasteiger partial charge in [0.15, 0.2) is 5.17 Å². The normalized spacial score (nSPS) is 20.1. The van der Waals surface area contributed by atoms with Crippen LogP contribution in [0.3, 0.4) is 0 Å². The average molecular weight is 535 g/mol. The van der Waals surface area contributed by atoms with E-state index < -0.39 is 5.60 Å². The quantitative estimate of drug-likeness (QED) is 0.614. The van der Waals surface area contributed by atoms with Crippen LogP contribution in [0.2, 0.25) is 0 Å². The highest BCUT2D eigenvalue weighted by Crippen LogP contribution is 2.39. The van der Waals surface area contributed by atoms with Crippen LogP contribution in [-0.4, -0.2) is 82.9 Å². The molecule has 1 aliphatic carbocycles. The third-order valence-corrected chi connectivity index (χ3v) is 8.56. The van der Waals surface area contributed by atoms with Crippen molar-refractivity contribution in [2.45, 2.75) is 55.6 Å². The highest BCUT2D eigenvalue weighted by atomic mass is 32.2. The maximum Gasteiger partial charge on any atom is 0.410 e. The van der Waals surface area contributed by atoms with Gasteiger partial charge in [0.25, 0.3) is 5.91 Å². The van der Waals surface area contributed by atoms with E-state index in [1.165, 1.54) is 0 Å². The number of ether oxygens (including phenoxy) is 2. The molecule has 9 nitrogen and oxygen atoms in total. The summed E-state index contributed by atoms with van der Waals surface area (Å²) in [7, 11) is 1.56. The predicted octanol–water partition coefficient (Wildman–Crippen LogP) is 3.74. The van der Waals surface area contributed by atoms with Gasteiger partial charge in [0.05, 0.1) is 23.8 Å². The standard InChI is InChI=1S/C25H34N4O5S2/c1-15-12-18(33-5)17(22(31)28-8-10-29(11-9-28)24(32)34-25(2,3)4)13-19(15)35-20-14-26-23(36-20)27-21(30)16-6-7-16/h12-13,16,20H,6-11,14H2,1-5H3,(H,26,27,30). The van der Waals surface area contributed by atoms with E-state index in [0.717, 1.165) is 23.3 Å². The highest BCUT2D eigenvalue weighted by molar-refractivity contribution is 8.25. The van der Waals surface area contributed by atoms with Crippen molar-refractivity contribution < 1.29 is 23.9 Å². The average Bonchev–Trinajstić information content (AvgIpc) is 3.59. The summed E-state index contributed by atoms with van der Waals surface area (Å²) in [6.45, 7) is 9.79. The van der Waals surface area contributed by atoms with E-state index in [0.29, 0.717) is 49.2 Å². The molecule has 3 aliphatic rings. The first-order valence-electron chi connectivity index (χ1n) is 12.2. The number of aryl methyl sites for hydroxylation is 1. The van der Waals surface area contributed by atoms with Crippen LogP contribution in [0.4, 0.5) is 4.79 Å². The minimum Gasteiger partial charge on any atom is -0.496 e. The van der Waals surface area contributed by atoms with Crippen molar-refractivity contribution in [1.29, 1.82) is 0 Å². The van der Waals surface area contributed by atoms with Crippen LogP contribution >= 0.6 is 23.5 Å². The van der Waals surface area contributed by atoms with Crippen LogP contribution in [0.25, 0.3) is 0 Å². The summed E-state index contributed by atoms with van der Waals surface area (Å²) in [6, 6.07) is 3.78. The van der Waals surface area contributed by atoms with Crippen molar-refractivity contribution in [3.8, 4) is 5.75 Å². The van der Waals surface area contributed by atoms with Crippen LogP contribution < -0.4 is 10.1 Å². The Balaban J connectivity index is 1.38. The minimum absolute atomic E-state index is 0.0622. The van der Waals surface area contributed by atoms with Crippen LogP contribution in [0, 0.1) is 12.8 Å². The molecule has 1 aromatic carbocycles. The van der Waals surface area contributed by atoms with Gasteiger partial charge in [-0.25, -0.2) is 4.79 Å². The number of thioether (sulfide) groups is 2.